The summed E-state index contributed by atoms with van der Waals surface area (Å²) in [6.45, 7) is 0.761. The number of aryl methyl sites for hydroxylation is 1. The molecule has 1 aliphatic rings. The largest absolute Gasteiger partial charge is 0.355 e. The summed E-state index contributed by atoms with van der Waals surface area (Å²) < 4.78 is 0. The van der Waals surface area contributed by atoms with Crippen molar-refractivity contribution in [2.45, 2.75) is 31.6 Å². The maximum atomic E-state index is 11.9. The first-order valence-electron chi connectivity index (χ1n) is 7.81. The van der Waals surface area contributed by atoms with E-state index in [1.807, 2.05) is 24.3 Å². The Hall–Kier alpha value is -1.80. The highest BCUT2D eigenvalue weighted by molar-refractivity contribution is 6.30. The van der Waals surface area contributed by atoms with Crippen LogP contribution in [0, 0.1) is 0 Å². The summed E-state index contributed by atoms with van der Waals surface area (Å²) in [6, 6.07) is 16.3. The van der Waals surface area contributed by atoms with Crippen LogP contribution in [-0.4, -0.2) is 12.5 Å². The van der Waals surface area contributed by atoms with E-state index < -0.39 is 0 Å². The zero-order chi connectivity index (χ0) is 15.4. The number of hydrogen-bond donors (Lipinski definition) is 1. The van der Waals surface area contributed by atoms with E-state index in [2.05, 4.69) is 29.6 Å². The van der Waals surface area contributed by atoms with E-state index in [1.54, 1.807) is 0 Å². The second-order valence-electron chi connectivity index (χ2n) is 5.88. The number of amides is 1. The molecule has 3 heteroatoms. The number of benzene rings is 2. The quantitative estimate of drug-likeness (QED) is 0.854. The van der Waals surface area contributed by atoms with Gasteiger partial charge in [0.1, 0.15) is 0 Å². The van der Waals surface area contributed by atoms with Gasteiger partial charge in [0.25, 0.3) is 0 Å². The molecule has 0 spiro atoms. The smallest absolute Gasteiger partial charge is 0.220 e. The van der Waals surface area contributed by atoms with Gasteiger partial charge in [-0.1, -0.05) is 48.0 Å². The third kappa shape index (κ3) is 3.69. The van der Waals surface area contributed by atoms with Gasteiger partial charge >= 0.3 is 0 Å². The molecule has 1 N–H and O–H groups in total. The number of hydrogen-bond acceptors (Lipinski definition) is 1. The Morgan fingerprint density at radius 2 is 1.91 bits per heavy atom. The lowest BCUT2D eigenvalue weighted by Crippen LogP contribution is -2.33. The third-order valence-electron chi connectivity index (χ3n) is 4.29. The fraction of sp³-hybridized carbons (Fsp3) is 0.316. The van der Waals surface area contributed by atoms with Gasteiger partial charge < -0.3 is 5.32 Å². The van der Waals surface area contributed by atoms with Crippen LogP contribution < -0.4 is 5.32 Å². The molecule has 3 rings (SSSR count). The number of rotatable bonds is 6. The maximum absolute atomic E-state index is 11.9. The van der Waals surface area contributed by atoms with Gasteiger partial charge in [-0.2, -0.15) is 0 Å². The summed E-state index contributed by atoms with van der Waals surface area (Å²) in [6.07, 6.45) is 3.45. The fourth-order valence-corrected chi connectivity index (χ4v) is 3.10. The molecule has 1 amide bonds. The highest BCUT2D eigenvalue weighted by Crippen LogP contribution is 2.33. The van der Waals surface area contributed by atoms with Gasteiger partial charge in [-0.3, -0.25) is 4.79 Å². The molecule has 1 unspecified atom stereocenters. The van der Waals surface area contributed by atoms with E-state index in [0.717, 1.165) is 30.8 Å². The van der Waals surface area contributed by atoms with Crippen LogP contribution in [0.25, 0.3) is 0 Å². The summed E-state index contributed by atoms with van der Waals surface area (Å²) in [4.78, 5) is 11.9. The molecule has 22 heavy (non-hydrogen) atoms. The second-order valence-corrected chi connectivity index (χ2v) is 6.32. The predicted octanol–water partition coefficient (Wildman–Crippen LogP) is 4.12. The van der Waals surface area contributed by atoms with Crippen molar-refractivity contribution in [3.63, 3.8) is 0 Å². The SMILES string of the molecule is O=C(CCCc1ccc(Cl)cc1)NCC1Cc2ccccc21. The number of halogens is 1. The molecule has 114 valence electrons. The molecule has 0 heterocycles. The predicted molar refractivity (Wildman–Crippen MR) is 90.3 cm³/mol. The lowest BCUT2D eigenvalue weighted by molar-refractivity contribution is -0.121. The molecule has 0 aromatic heterocycles. The van der Waals surface area contributed by atoms with Gasteiger partial charge in [0.05, 0.1) is 0 Å². The van der Waals surface area contributed by atoms with Crippen molar-refractivity contribution in [3.8, 4) is 0 Å². The number of nitrogens with one attached hydrogen (secondary N) is 1. The number of carbonyl (C=O) groups excluding carboxylic acids is 1. The number of fused-ring (bicyclic) bond motifs is 1. The minimum atomic E-state index is 0.151. The summed E-state index contributed by atoms with van der Waals surface area (Å²) in [5.41, 5.74) is 4.04. The van der Waals surface area contributed by atoms with Crippen molar-refractivity contribution < 1.29 is 4.79 Å². The van der Waals surface area contributed by atoms with Gasteiger partial charge in [0, 0.05) is 23.9 Å². The van der Waals surface area contributed by atoms with Crippen molar-refractivity contribution in [2.24, 2.45) is 0 Å². The molecule has 2 aromatic carbocycles. The van der Waals surface area contributed by atoms with Crippen molar-refractivity contribution in [3.05, 3.63) is 70.2 Å². The van der Waals surface area contributed by atoms with E-state index >= 15 is 0 Å². The Bertz CT molecular complexity index is 651. The van der Waals surface area contributed by atoms with Crippen molar-refractivity contribution >= 4 is 17.5 Å². The topological polar surface area (TPSA) is 29.1 Å². The van der Waals surface area contributed by atoms with Gasteiger partial charge in [-0.25, -0.2) is 0 Å². The number of carbonyl (C=O) groups is 1. The first-order valence-corrected chi connectivity index (χ1v) is 8.19. The molecule has 0 saturated carbocycles. The van der Waals surface area contributed by atoms with Gasteiger partial charge in [0.15, 0.2) is 0 Å². The van der Waals surface area contributed by atoms with Crippen LogP contribution in [0.3, 0.4) is 0 Å². The average molecular weight is 314 g/mol. The van der Waals surface area contributed by atoms with E-state index in [-0.39, 0.29) is 5.91 Å². The van der Waals surface area contributed by atoms with E-state index in [4.69, 9.17) is 11.6 Å². The summed E-state index contributed by atoms with van der Waals surface area (Å²) in [5, 5.41) is 3.81. The minimum absolute atomic E-state index is 0.151. The highest BCUT2D eigenvalue weighted by atomic mass is 35.5. The Labute approximate surface area is 136 Å². The summed E-state index contributed by atoms with van der Waals surface area (Å²) >= 11 is 5.86. The Morgan fingerprint density at radius 3 is 2.68 bits per heavy atom. The normalized spacial score (nSPS) is 15.8. The van der Waals surface area contributed by atoms with E-state index in [9.17, 15) is 4.79 Å². The molecule has 0 bridgehead atoms. The van der Waals surface area contributed by atoms with Crippen LogP contribution >= 0.6 is 11.6 Å². The minimum Gasteiger partial charge on any atom is -0.355 e. The van der Waals surface area contributed by atoms with Crippen LogP contribution in [0.15, 0.2) is 48.5 Å². The molecule has 2 aromatic rings. The standard InChI is InChI=1S/C19H20ClNO/c20-17-10-8-14(9-11-17)4-3-7-19(22)21-13-16-12-15-5-1-2-6-18(15)16/h1-2,5-6,8-11,16H,3-4,7,12-13H2,(H,21,22). The molecule has 2 nitrogen and oxygen atoms in total. The maximum Gasteiger partial charge on any atom is 0.220 e. The van der Waals surface area contributed by atoms with Crippen molar-refractivity contribution in [2.75, 3.05) is 6.54 Å². The molecular weight excluding hydrogens is 294 g/mol. The van der Waals surface area contributed by atoms with E-state index in [0.29, 0.717) is 12.3 Å². The molecule has 1 aliphatic carbocycles. The molecule has 0 fully saturated rings. The first kappa shape index (κ1) is 15.1. The van der Waals surface area contributed by atoms with Gasteiger partial charge in [-0.15, -0.1) is 0 Å². The van der Waals surface area contributed by atoms with Crippen molar-refractivity contribution in [1.82, 2.24) is 5.32 Å². The molecule has 0 saturated heterocycles. The van der Waals surface area contributed by atoms with Crippen LogP contribution in [0.5, 0.6) is 0 Å². The third-order valence-corrected chi connectivity index (χ3v) is 4.54. The molecule has 0 radical (unpaired) electrons. The highest BCUT2D eigenvalue weighted by Gasteiger charge is 2.25. The molecular formula is C19H20ClNO. The zero-order valence-corrected chi connectivity index (χ0v) is 13.3. The van der Waals surface area contributed by atoms with Gasteiger partial charge in [0.2, 0.25) is 5.91 Å². The first-order chi connectivity index (χ1) is 10.7. The Kier molecular flexibility index (Phi) is 4.79. The van der Waals surface area contributed by atoms with Gasteiger partial charge in [-0.05, 0) is 48.1 Å². The van der Waals surface area contributed by atoms with E-state index in [1.165, 1.54) is 16.7 Å². The van der Waals surface area contributed by atoms with Crippen molar-refractivity contribution in [1.29, 1.82) is 0 Å². The lowest BCUT2D eigenvalue weighted by Gasteiger charge is -2.30. The van der Waals surface area contributed by atoms with Crippen LogP contribution in [0.1, 0.15) is 35.4 Å². The summed E-state index contributed by atoms with van der Waals surface area (Å²) in [5.74, 6) is 0.648. The Morgan fingerprint density at radius 1 is 1.14 bits per heavy atom. The molecule has 1 atom stereocenters. The fourth-order valence-electron chi connectivity index (χ4n) is 2.97. The van der Waals surface area contributed by atoms with Crippen LogP contribution in [0.4, 0.5) is 0 Å². The zero-order valence-electron chi connectivity index (χ0n) is 12.5. The lowest BCUT2D eigenvalue weighted by atomic mass is 9.77. The molecule has 0 aliphatic heterocycles. The van der Waals surface area contributed by atoms with Crippen LogP contribution in [0.2, 0.25) is 5.02 Å². The second kappa shape index (κ2) is 6.97. The average Bonchev–Trinajstić information content (AvgIpc) is 2.50. The monoisotopic (exact) mass is 313 g/mol. The Balaban J connectivity index is 1.36. The van der Waals surface area contributed by atoms with Crippen LogP contribution in [-0.2, 0) is 17.6 Å². The summed E-state index contributed by atoms with van der Waals surface area (Å²) in [7, 11) is 0.